The van der Waals surface area contributed by atoms with Crippen LogP contribution in [0.1, 0.15) is 29.2 Å². The highest BCUT2D eigenvalue weighted by Gasteiger charge is 2.26. The molecule has 9 nitrogen and oxygen atoms in total. The summed E-state index contributed by atoms with van der Waals surface area (Å²) in [6.07, 6.45) is 0. The monoisotopic (exact) mass is 443 g/mol. The van der Waals surface area contributed by atoms with E-state index in [1.165, 1.54) is 18.2 Å². The Morgan fingerprint density at radius 3 is 2.29 bits per heavy atom. The van der Waals surface area contributed by atoms with Gasteiger partial charge in [-0.2, -0.15) is 5.10 Å². The average Bonchev–Trinajstić information content (AvgIpc) is 2.65. The summed E-state index contributed by atoms with van der Waals surface area (Å²) < 4.78 is 33.0. The Balaban J connectivity index is 1.93. The zero-order valence-electron chi connectivity index (χ0n) is 17.3. The number of fused-ring (bicyclic) bond motifs is 1. The van der Waals surface area contributed by atoms with E-state index in [4.69, 9.17) is 4.42 Å². The molecule has 0 atom stereocenters. The number of nitrogens with one attached hydrogen (secondary N) is 2. The molecule has 0 bridgehead atoms. The van der Waals surface area contributed by atoms with Crippen LogP contribution < -0.4 is 15.8 Å². The molecule has 162 valence electrons. The summed E-state index contributed by atoms with van der Waals surface area (Å²) in [5, 5.41) is 13.7. The minimum Gasteiger partial charge on any atom is -0.508 e. The number of aryl methyl sites for hydroxylation is 3. The van der Waals surface area contributed by atoms with Gasteiger partial charge in [-0.25, -0.2) is 28.2 Å². The van der Waals surface area contributed by atoms with Crippen LogP contribution >= 0.6 is 0 Å². The van der Waals surface area contributed by atoms with Crippen LogP contribution in [0.5, 0.6) is 5.75 Å². The molecule has 1 aromatic heterocycles. The maximum Gasteiger partial charge on any atom is 0.349 e. The molecule has 1 heterocycles. The number of hydrogen-bond acceptors (Lipinski definition) is 7. The predicted octanol–water partition coefficient (Wildman–Crippen LogP) is 2.84. The van der Waals surface area contributed by atoms with E-state index >= 15 is 0 Å². The first kappa shape index (κ1) is 22.0. The van der Waals surface area contributed by atoms with Gasteiger partial charge in [0.25, 0.3) is 10.0 Å². The van der Waals surface area contributed by atoms with Gasteiger partial charge in [-0.15, -0.1) is 0 Å². The number of hydrogen-bond donors (Lipinski definition) is 3. The molecular formula is C21H21N3O6S. The van der Waals surface area contributed by atoms with Crippen molar-refractivity contribution < 1.29 is 22.7 Å². The fourth-order valence-corrected chi connectivity index (χ4v) is 4.59. The molecule has 31 heavy (non-hydrogen) atoms. The summed E-state index contributed by atoms with van der Waals surface area (Å²) in [6.45, 7) is 6.61. The number of sulfonamides is 1. The van der Waals surface area contributed by atoms with Gasteiger partial charge in [-0.1, -0.05) is 6.07 Å². The lowest BCUT2D eigenvalue weighted by molar-refractivity contribution is 0.246. The third-order valence-corrected chi connectivity index (χ3v) is 6.16. The summed E-state index contributed by atoms with van der Waals surface area (Å²) in [5.74, 6) is 0.0796. The van der Waals surface area contributed by atoms with Crippen LogP contribution in [0.3, 0.4) is 0 Å². The Bertz CT molecular complexity index is 1370. The second kappa shape index (κ2) is 8.23. The Hall–Kier alpha value is -3.66. The molecule has 0 radical (unpaired) electrons. The molecule has 0 unspecified atom stereocenters. The summed E-state index contributed by atoms with van der Waals surface area (Å²) >= 11 is 0. The maximum atomic E-state index is 13.0. The van der Waals surface area contributed by atoms with Gasteiger partial charge in [-0.05, 0) is 74.2 Å². The van der Waals surface area contributed by atoms with E-state index in [0.717, 1.165) is 5.56 Å². The molecule has 0 aliphatic rings. The van der Waals surface area contributed by atoms with Crippen molar-refractivity contribution >= 4 is 32.7 Å². The topological polar surface area (TPSA) is 138 Å². The van der Waals surface area contributed by atoms with Gasteiger partial charge in [0.15, 0.2) is 5.58 Å². The van der Waals surface area contributed by atoms with Crippen LogP contribution in [0, 0.1) is 20.8 Å². The molecule has 2 aromatic carbocycles. The first-order valence-electron chi connectivity index (χ1n) is 9.20. The zero-order valence-corrected chi connectivity index (χ0v) is 18.1. The lowest BCUT2D eigenvalue weighted by Gasteiger charge is -2.14. The molecule has 2 amide bonds. The normalized spacial score (nSPS) is 12.1. The minimum absolute atomic E-state index is 0.0796. The van der Waals surface area contributed by atoms with Crippen molar-refractivity contribution in [2.45, 2.75) is 32.6 Å². The van der Waals surface area contributed by atoms with Crippen LogP contribution in [-0.4, -0.2) is 25.3 Å². The van der Waals surface area contributed by atoms with E-state index in [0.29, 0.717) is 27.8 Å². The van der Waals surface area contributed by atoms with E-state index in [-0.39, 0.29) is 16.2 Å². The lowest BCUT2D eigenvalue weighted by atomic mass is 10.0. The van der Waals surface area contributed by atoms with Crippen molar-refractivity contribution in [2.75, 3.05) is 0 Å². The number of urea groups is 1. The van der Waals surface area contributed by atoms with Crippen LogP contribution in [-0.2, 0) is 10.0 Å². The Morgan fingerprint density at radius 1 is 1.03 bits per heavy atom. The molecular weight excluding hydrogens is 422 g/mol. The smallest absolute Gasteiger partial charge is 0.349 e. The Morgan fingerprint density at radius 2 is 1.65 bits per heavy atom. The van der Waals surface area contributed by atoms with Crippen LogP contribution in [0.25, 0.3) is 11.0 Å². The highest BCUT2D eigenvalue weighted by molar-refractivity contribution is 7.90. The fraction of sp³-hybridized carbons (Fsp3) is 0.190. The molecule has 0 aliphatic carbocycles. The van der Waals surface area contributed by atoms with Gasteiger partial charge < -0.3 is 9.52 Å². The van der Waals surface area contributed by atoms with E-state index in [9.17, 15) is 23.1 Å². The summed E-state index contributed by atoms with van der Waals surface area (Å²) in [7, 11) is -4.38. The quantitative estimate of drug-likeness (QED) is 0.322. The van der Waals surface area contributed by atoms with Gasteiger partial charge >= 0.3 is 11.7 Å². The third-order valence-electron chi connectivity index (χ3n) is 4.66. The Kier molecular flexibility index (Phi) is 5.85. The number of phenolic OH excluding ortho intramolecular Hbond substituents is 1. The first-order chi connectivity index (χ1) is 14.5. The first-order valence-corrected chi connectivity index (χ1v) is 10.7. The van der Waals surface area contributed by atoms with Gasteiger partial charge in [-0.3, -0.25) is 0 Å². The molecule has 0 fully saturated rings. The van der Waals surface area contributed by atoms with Gasteiger partial charge in [0.05, 0.1) is 5.71 Å². The minimum atomic E-state index is -4.38. The SMILES string of the molecule is CC(=NNC(=O)NS(=O)(=O)c1c(C)cc(C)c2c(C)cc(=O)oc12)c1ccc(O)cc1. The number of amides is 2. The number of hydrazone groups is 1. The van der Waals surface area contributed by atoms with Crippen molar-refractivity contribution in [1.82, 2.24) is 10.1 Å². The molecule has 0 spiro atoms. The average molecular weight is 443 g/mol. The highest BCUT2D eigenvalue weighted by Crippen LogP contribution is 2.30. The number of aromatic hydroxyl groups is 1. The van der Waals surface area contributed by atoms with E-state index in [1.807, 2.05) is 4.72 Å². The van der Waals surface area contributed by atoms with Crippen LogP contribution in [0.2, 0.25) is 0 Å². The summed E-state index contributed by atoms with van der Waals surface area (Å²) in [6, 6.07) is 7.95. The molecule has 0 saturated heterocycles. The molecule has 10 heteroatoms. The van der Waals surface area contributed by atoms with Crippen molar-refractivity contribution in [1.29, 1.82) is 0 Å². The van der Waals surface area contributed by atoms with Gasteiger partial charge in [0.1, 0.15) is 10.6 Å². The van der Waals surface area contributed by atoms with Crippen molar-refractivity contribution in [3.8, 4) is 5.75 Å². The second-order valence-corrected chi connectivity index (χ2v) is 8.70. The van der Waals surface area contributed by atoms with E-state index in [2.05, 4.69) is 10.5 Å². The molecule has 3 rings (SSSR count). The lowest BCUT2D eigenvalue weighted by Crippen LogP contribution is -2.37. The summed E-state index contributed by atoms with van der Waals surface area (Å²) in [5.41, 5.74) is 3.98. The number of rotatable bonds is 4. The van der Waals surface area contributed by atoms with E-state index in [1.54, 1.807) is 45.9 Å². The second-order valence-electron chi connectivity index (χ2n) is 7.08. The van der Waals surface area contributed by atoms with Crippen molar-refractivity contribution in [2.24, 2.45) is 5.10 Å². The number of benzene rings is 2. The number of carbonyl (C=O) groups excluding carboxylic acids is 1. The fourth-order valence-electron chi connectivity index (χ4n) is 3.33. The van der Waals surface area contributed by atoms with Gasteiger partial charge in [0.2, 0.25) is 0 Å². The maximum absolute atomic E-state index is 13.0. The van der Waals surface area contributed by atoms with Crippen molar-refractivity contribution in [3.63, 3.8) is 0 Å². The van der Waals surface area contributed by atoms with Crippen molar-refractivity contribution in [3.05, 3.63) is 69.1 Å². The number of phenols is 1. The summed E-state index contributed by atoms with van der Waals surface area (Å²) in [4.78, 5) is 23.8. The number of nitrogens with zero attached hydrogens (tertiary/aromatic N) is 1. The third kappa shape index (κ3) is 4.58. The molecule has 3 N–H and O–H groups in total. The predicted molar refractivity (Wildman–Crippen MR) is 116 cm³/mol. The Labute approximate surface area is 178 Å². The van der Waals surface area contributed by atoms with Crippen LogP contribution in [0.4, 0.5) is 4.79 Å². The molecule has 0 saturated carbocycles. The van der Waals surface area contributed by atoms with E-state index < -0.39 is 21.7 Å². The number of carbonyl (C=O) groups is 1. The largest absolute Gasteiger partial charge is 0.508 e. The van der Waals surface area contributed by atoms with Gasteiger partial charge in [0, 0.05) is 11.5 Å². The van der Waals surface area contributed by atoms with Crippen LogP contribution in [0.15, 0.2) is 55.6 Å². The standard InChI is InChI=1S/C21H21N3O6S/c1-11-9-13(3)20(19-18(11)12(2)10-17(26)30-19)31(28,29)24-21(27)23-22-14(4)15-5-7-16(25)8-6-15/h5-10,25H,1-4H3,(H2,23,24,27). The molecule has 3 aromatic rings. The molecule has 0 aliphatic heterocycles. The highest BCUT2D eigenvalue weighted by atomic mass is 32.2. The zero-order chi connectivity index (χ0) is 22.9.